The van der Waals surface area contributed by atoms with Gasteiger partial charge in [-0.25, -0.2) is 0 Å². The minimum Gasteiger partial charge on any atom is -0.315 e. The van der Waals surface area contributed by atoms with Crippen LogP contribution in [0.15, 0.2) is 30.3 Å². The van der Waals surface area contributed by atoms with Gasteiger partial charge in [0, 0.05) is 0 Å². The topological polar surface area (TPSA) is 43.1 Å². The molecule has 0 aliphatic rings. The number of nitrogens with two attached hydrogens (primary N) is 1. The highest BCUT2D eigenvalue weighted by molar-refractivity contribution is 5.67. The van der Waals surface area contributed by atoms with E-state index in [4.69, 9.17) is 5.73 Å². The van der Waals surface area contributed by atoms with Crippen LogP contribution < -0.4 is 5.73 Å². The van der Waals surface area contributed by atoms with Crippen LogP contribution in [0.4, 0.5) is 0 Å². The first-order valence-electron chi connectivity index (χ1n) is 3.96. The van der Waals surface area contributed by atoms with Gasteiger partial charge >= 0.3 is 0 Å². The fourth-order valence-electron chi connectivity index (χ4n) is 1.07. The average molecular weight is 162 g/mol. The van der Waals surface area contributed by atoms with Gasteiger partial charge in [0.05, 0.1) is 0 Å². The maximum Gasteiger partial charge on any atom is 0.224 e. The predicted molar refractivity (Wildman–Crippen MR) is 48.3 cm³/mol. The standard InChI is InChI=1S/C10H12NO/c1-2-10(11,8-12)9-6-4-3-5-7-9/h3-7H,2,11H2,1H3. The molecule has 0 aliphatic carbocycles. The van der Waals surface area contributed by atoms with Crippen molar-refractivity contribution >= 4 is 6.29 Å². The summed E-state index contributed by atoms with van der Waals surface area (Å²) in [6, 6.07) is 9.31. The minimum absolute atomic E-state index is 0.570. The molecule has 2 N–H and O–H groups in total. The largest absolute Gasteiger partial charge is 0.315 e. The lowest BCUT2D eigenvalue weighted by molar-refractivity contribution is 0.482. The van der Waals surface area contributed by atoms with Crippen LogP contribution in [0.25, 0.3) is 0 Å². The first kappa shape index (κ1) is 8.94. The fourth-order valence-corrected chi connectivity index (χ4v) is 1.07. The van der Waals surface area contributed by atoms with Crippen molar-refractivity contribution < 1.29 is 4.79 Å². The molecule has 1 aromatic rings. The molecule has 1 aromatic carbocycles. The Hall–Kier alpha value is -1.15. The Balaban J connectivity index is 3.03. The van der Waals surface area contributed by atoms with Crippen LogP contribution in [0.1, 0.15) is 18.9 Å². The van der Waals surface area contributed by atoms with Gasteiger partial charge in [-0.2, -0.15) is 0 Å². The molecular formula is C10H12NO. The van der Waals surface area contributed by atoms with Crippen molar-refractivity contribution in [2.45, 2.75) is 18.9 Å². The summed E-state index contributed by atoms with van der Waals surface area (Å²) < 4.78 is 0. The van der Waals surface area contributed by atoms with E-state index >= 15 is 0 Å². The van der Waals surface area contributed by atoms with Gasteiger partial charge in [-0.05, 0) is 12.0 Å². The van der Waals surface area contributed by atoms with Gasteiger partial charge in [0.25, 0.3) is 0 Å². The van der Waals surface area contributed by atoms with E-state index in [0.717, 1.165) is 5.56 Å². The van der Waals surface area contributed by atoms with Gasteiger partial charge < -0.3 is 5.73 Å². The normalized spacial score (nSPS) is 15.2. The molecule has 1 rings (SSSR count). The molecule has 1 unspecified atom stereocenters. The zero-order chi connectivity index (χ0) is 9.03. The lowest BCUT2D eigenvalue weighted by Gasteiger charge is -2.19. The van der Waals surface area contributed by atoms with Crippen molar-refractivity contribution in [2.75, 3.05) is 0 Å². The Kier molecular flexibility index (Phi) is 2.61. The summed E-state index contributed by atoms with van der Waals surface area (Å²) in [6.07, 6.45) is 2.44. The maximum atomic E-state index is 10.6. The molecule has 0 heterocycles. The van der Waals surface area contributed by atoms with Gasteiger partial charge in [-0.1, -0.05) is 37.3 Å². The van der Waals surface area contributed by atoms with Crippen LogP contribution in [0.2, 0.25) is 0 Å². The van der Waals surface area contributed by atoms with Gasteiger partial charge in [0.15, 0.2) is 0 Å². The van der Waals surface area contributed by atoms with E-state index in [2.05, 4.69) is 0 Å². The molecule has 1 radical (unpaired) electrons. The first-order chi connectivity index (χ1) is 5.73. The van der Waals surface area contributed by atoms with E-state index in [1.165, 1.54) is 0 Å². The van der Waals surface area contributed by atoms with E-state index in [1.54, 1.807) is 0 Å². The van der Waals surface area contributed by atoms with Crippen LogP contribution in [-0.4, -0.2) is 6.29 Å². The number of rotatable bonds is 3. The van der Waals surface area contributed by atoms with Crippen LogP contribution >= 0.6 is 0 Å². The van der Waals surface area contributed by atoms with Crippen molar-refractivity contribution in [2.24, 2.45) is 5.73 Å². The summed E-state index contributed by atoms with van der Waals surface area (Å²) in [5.74, 6) is 0. The minimum atomic E-state index is -0.929. The van der Waals surface area contributed by atoms with Crippen molar-refractivity contribution in [1.82, 2.24) is 0 Å². The van der Waals surface area contributed by atoms with E-state index in [9.17, 15) is 4.79 Å². The maximum absolute atomic E-state index is 10.6. The third kappa shape index (κ3) is 1.53. The summed E-state index contributed by atoms with van der Waals surface area (Å²) in [5.41, 5.74) is 5.69. The smallest absolute Gasteiger partial charge is 0.224 e. The quantitative estimate of drug-likeness (QED) is 0.729. The lowest BCUT2D eigenvalue weighted by atomic mass is 9.90. The SMILES string of the molecule is CCC(N)([C]=O)c1ccccc1. The Morgan fingerprint density at radius 3 is 2.42 bits per heavy atom. The van der Waals surface area contributed by atoms with Gasteiger partial charge in [-0.15, -0.1) is 0 Å². The second kappa shape index (κ2) is 3.50. The van der Waals surface area contributed by atoms with E-state index in [1.807, 2.05) is 43.5 Å². The summed E-state index contributed by atoms with van der Waals surface area (Å²) >= 11 is 0. The molecule has 12 heavy (non-hydrogen) atoms. The molecule has 0 spiro atoms. The van der Waals surface area contributed by atoms with E-state index < -0.39 is 5.54 Å². The van der Waals surface area contributed by atoms with Gasteiger partial charge in [0.1, 0.15) is 5.54 Å². The number of carbonyl (C=O) groups excluding carboxylic acids is 1. The highest BCUT2D eigenvalue weighted by Crippen LogP contribution is 2.18. The van der Waals surface area contributed by atoms with Crippen LogP contribution in [0.5, 0.6) is 0 Å². The summed E-state index contributed by atoms with van der Waals surface area (Å²) in [5, 5.41) is 0. The Bertz CT molecular complexity index is 258. The zero-order valence-corrected chi connectivity index (χ0v) is 7.08. The Morgan fingerprint density at radius 1 is 1.42 bits per heavy atom. The summed E-state index contributed by atoms with van der Waals surface area (Å²) in [6.45, 7) is 1.87. The number of hydrogen-bond acceptors (Lipinski definition) is 2. The summed E-state index contributed by atoms with van der Waals surface area (Å²) in [4.78, 5) is 10.6. The molecular weight excluding hydrogens is 150 g/mol. The Morgan fingerprint density at radius 2 is 2.00 bits per heavy atom. The van der Waals surface area contributed by atoms with E-state index in [0.29, 0.717) is 6.42 Å². The first-order valence-corrected chi connectivity index (χ1v) is 3.96. The molecule has 2 nitrogen and oxygen atoms in total. The molecule has 0 bridgehead atoms. The molecule has 0 fully saturated rings. The highest BCUT2D eigenvalue weighted by Gasteiger charge is 2.24. The molecule has 0 aromatic heterocycles. The number of hydrogen-bond donors (Lipinski definition) is 1. The van der Waals surface area contributed by atoms with Gasteiger partial charge in [-0.3, -0.25) is 4.79 Å². The second-order valence-electron chi connectivity index (χ2n) is 2.79. The zero-order valence-electron chi connectivity index (χ0n) is 7.08. The monoisotopic (exact) mass is 162 g/mol. The van der Waals surface area contributed by atoms with Crippen LogP contribution in [0.3, 0.4) is 0 Å². The fraction of sp³-hybridized carbons (Fsp3) is 0.300. The molecule has 1 atom stereocenters. The summed E-state index contributed by atoms with van der Waals surface area (Å²) in [7, 11) is 0. The molecule has 2 heteroatoms. The molecule has 63 valence electrons. The third-order valence-corrected chi connectivity index (χ3v) is 2.03. The van der Waals surface area contributed by atoms with E-state index in [-0.39, 0.29) is 0 Å². The van der Waals surface area contributed by atoms with Crippen molar-refractivity contribution in [1.29, 1.82) is 0 Å². The highest BCUT2D eigenvalue weighted by atomic mass is 16.1. The molecule has 0 amide bonds. The molecule has 0 saturated carbocycles. The van der Waals surface area contributed by atoms with Crippen molar-refractivity contribution in [3.8, 4) is 0 Å². The van der Waals surface area contributed by atoms with Gasteiger partial charge in [0.2, 0.25) is 6.29 Å². The van der Waals surface area contributed by atoms with Crippen LogP contribution in [0, 0.1) is 0 Å². The van der Waals surface area contributed by atoms with Crippen molar-refractivity contribution in [3.63, 3.8) is 0 Å². The van der Waals surface area contributed by atoms with Crippen molar-refractivity contribution in [3.05, 3.63) is 35.9 Å². The second-order valence-corrected chi connectivity index (χ2v) is 2.79. The molecule has 0 saturated heterocycles. The predicted octanol–water partition coefficient (Wildman–Crippen LogP) is 1.36. The lowest BCUT2D eigenvalue weighted by Crippen LogP contribution is -2.37. The Labute approximate surface area is 72.4 Å². The molecule has 0 aliphatic heterocycles. The van der Waals surface area contributed by atoms with Crippen LogP contribution in [-0.2, 0) is 10.3 Å². The third-order valence-electron chi connectivity index (χ3n) is 2.03. The number of benzene rings is 1. The average Bonchev–Trinajstić information content (AvgIpc) is 2.18.